The Morgan fingerprint density at radius 1 is 1.26 bits per heavy atom. The molecular formula is C19H18N6O2. The van der Waals surface area contributed by atoms with Crippen molar-refractivity contribution in [1.82, 2.24) is 24.3 Å². The average molecular weight is 362 g/mol. The summed E-state index contributed by atoms with van der Waals surface area (Å²) in [6.07, 6.45) is 10.0. The molecular weight excluding hydrogens is 344 g/mol. The zero-order valence-electron chi connectivity index (χ0n) is 14.6. The Morgan fingerprint density at radius 3 is 2.85 bits per heavy atom. The number of nitrogens with one attached hydrogen (secondary N) is 1. The number of amides is 1. The van der Waals surface area contributed by atoms with Gasteiger partial charge in [0, 0.05) is 36.6 Å². The van der Waals surface area contributed by atoms with E-state index in [0.717, 1.165) is 22.0 Å². The number of carbonyl (C=O) groups excluding carboxylic acids is 1. The van der Waals surface area contributed by atoms with E-state index in [2.05, 4.69) is 20.4 Å². The van der Waals surface area contributed by atoms with Crippen molar-refractivity contribution in [2.45, 2.75) is 6.04 Å². The van der Waals surface area contributed by atoms with Gasteiger partial charge in [-0.25, -0.2) is 4.98 Å². The lowest BCUT2D eigenvalue weighted by molar-refractivity contribution is -0.120. The van der Waals surface area contributed by atoms with Crippen molar-refractivity contribution in [1.29, 1.82) is 0 Å². The predicted molar refractivity (Wildman–Crippen MR) is 101 cm³/mol. The Balaban J connectivity index is 1.61. The molecule has 0 fully saturated rings. The molecule has 0 saturated heterocycles. The van der Waals surface area contributed by atoms with Crippen molar-refractivity contribution in [2.75, 3.05) is 11.9 Å². The lowest BCUT2D eigenvalue weighted by Crippen LogP contribution is -2.28. The molecule has 3 heterocycles. The molecule has 0 bridgehead atoms. The quantitative estimate of drug-likeness (QED) is 0.566. The number of hydrogen-bond acceptors (Lipinski definition) is 5. The smallest absolute Gasteiger partial charge is 0.249 e. The van der Waals surface area contributed by atoms with Crippen LogP contribution in [0.15, 0.2) is 61.6 Å². The second kappa shape index (κ2) is 7.00. The lowest BCUT2D eigenvalue weighted by atomic mass is 10.1. The van der Waals surface area contributed by atoms with Crippen molar-refractivity contribution in [3.63, 3.8) is 0 Å². The van der Waals surface area contributed by atoms with Crippen LogP contribution >= 0.6 is 0 Å². The van der Waals surface area contributed by atoms with Crippen LogP contribution in [0.3, 0.4) is 0 Å². The third kappa shape index (κ3) is 3.42. The van der Waals surface area contributed by atoms with Gasteiger partial charge in [-0.05, 0) is 23.8 Å². The topological polar surface area (TPSA) is 97.9 Å². The summed E-state index contributed by atoms with van der Waals surface area (Å²) in [4.78, 5) is 20.8. The largest absolute Gasteiger partial charge is 0.394 e. The second-order valence-electron chi connectivity index (χ2n) is 6.23. The first-order valence-corrected chi connectivity index (χ1v) is 8.42. The highest BCUT2D eigenvalue weighted by Crippen LogP contribution is 2.25. The fourth-order valence-electron chi connectivity index (χ4n) is 2.94. The number of aromatic nitrogens is 5. The Kier molecular flexibility index (Phi) is 4.39. The molecule has 1 unspecified atom stereocenters. The van der Waals surface area contributed by atoms with Gasteiger partial charge in [0.2, 0.25) is 5.91 Å². The van der Waals surface area contributed by atoms with Gasteiger partial charge in [-0.2, -0.15) is 5.10 Å². The van der Waals surface area contributed by atoms with Crippen LogP contribution in [0.2, 0.25) is 0 Å². The number of hydrogen-bond donors (Lipinski definition) is 2. The Hall–Kier alpha value is -3.52. The molecule has 27 heavy (non-hydrogen) atoms. The Labute approximate surface area is 155 Å². The number of aliphatic hydroxyl groups excluding tert-OH is 1. The molecule has 0 saturated carbocycles. The third-order valence-electron chi connectivity index (χ3n) is 4.35. The van der Waals surface area contributed by atoms with Crippen molar-refractivity contribution in [2.24, 2.45) is 7.05 Å². The van der Waals surface area contributed by atoms with Crippen LogP contribution in [0.25, 0.3) is 22.0 Å². The maximum absolute atomic E-state index is 12.5. The summed E-state index contributed by atoms with van der Waals surface area (Å²) in [5, 5.41) is 17.5. The molecule has 3 aromatic heterocycles. The standard InChI is InChI=1S/C19H18N6O2/c1-24-10-15(8-22-24)13-2-3-17-14(6-13)7-16(9-21-17)23-19(27)18(11-26)25-5-4-20-12-25/h2-10,12,18,26H,11H2,1H3,(H,23,27). The predicted octanol–water partition coefficient (Wildman–Crippen LogP) is 2.00. The summed E-state index contributed by atoms with van der Waals surface area (Å²) in [6, 6.07) is 7.05. The van der Waals surface area contributed by atoms with E-state index in [4.69, 9.17) is 0 Å². The fraction of sp³-hybridized carbons (Fsp3) is 0.158. The molecule has 0 radical (unpaired) electrons. The molecule has 8 nitrogen and oxygen atoms in total. The number of carbonyl (C=O) groups is 1. The summed E-state index contributed by atoms with van der Waals surface area (Å²) >= 11 is 0. The highest BCUT2D eigenvalue weighted by atomic mass is 16.3. The Morgan fingerprint density at radius 2 is 2.15 bits per heavy atom. The van der Waals surface area contributed by atoms with Crippen LogP contribution in [0.5, 0.6) is 0 Å². The van der Waals surface area contributed by atoms with Crippen molar-refractivity contribution >= 4 is 22.5 Å². The van der Waals surface area contributed by atoms with Gasteiger partial charge in [0.1, 0.15) is 6.04 Å². The first-order valence-electron chi connectivity index (χ1n) is 8.42. The fourth-order valence-corrected chi connectivity index (χ4v) is 2.94. The minimum atomic E-state index is -0.745. The van der Waals surface area contributed by atoms with Gasteiger partial charge in [0.25, 0.3) is 0 Å². The van der Waals surface area contributed by atoms with Crippen LogP contribution < -0.4 is 5.32 Å². The van der Waals surface area contributed by atoms with Crippen LogP contribution in [0.1, 0.15) is 6.04 Å². The number of aliphatic hydroxyl groups is 1. The van der Waals surface area contributed by atoms with E-state index >= 15 is 0 Å². The maximum atomic E-state index is 12.5. The summed E-state index contributed by atoms with van der Waals surface area (Å²) in [6.45, 7) is -0.325. The van der Waals surface area contributed by atoms with Gasteiger partial charge in [0.15, 0.2) is 0 Å². The second-order valence-corrected chi connectivity index (χ2v) is 6.23. The van der Waals surface area contributed by atoms with Crippen molar-refractivity contribution in [3.05, 3.63) is 61.6 Å². The molecule has 1 amide bonds. The first-order chi connectivity index (χ1) is 13.1. The molecule has 136 valence electrons. The van der Waals surface area contributed by atoms with Gasteiger partial charge >= 0.3 is 0 Å². The van der Waals surface area contributed by atoms with Crippen LogP contribution in [-0.4, -0.2) is 41.9 Å². The van der Waals surface area contributed by atoms with E-state index in [1.54, 1.807) is 34.0 Å². The van der Waals surface area contributed by atoms with E-state index in [1.165, 1.54) is 6.33 Å². The van der Waals surface area contributed by atoms with E-state index in [-0.39, 0.29) is 12.5 Å². The minimum Gasteiger partial charge on any atom is -0.394 e. The number of aryl methyl sites for hydroxylation is 1. The van der Waals surface area contributed by atoms with E-state index < -0.39 is 6.04 Å². The molecule has 0 spiro atoms. The van der Waals surface area contributed by atoms with Gasteiger partial charge in [-0.15, -0.1) is 0 Å². The van der Waals surface area contributed by atoms with Gasteiger partial charge in [0.05, 0.1) is 36.5 Å². The van der Waals surface area contributed by atoms with Crippen molar-refractivity contribution in [3.8, 4) is 11.1 Å². The molecule has 0 aliphatic carbocycles. The highest BCUT2D eigenvalue weighted by molar-refractivity contribution is 5.96. The molecule has 2 N–H and O–H groups in total. The van der Waals surface area contributed by atoms with Gasteiger partial charge < -0.3 is 15.0 Å². The molecule has 4 rings (SSSR count). The molecule has 1 atom stereocenters. The first kappa shape index (κ1) is 16.9. The SMILES string of the molecule is Cn1cc(-c2ccc3ncc(NC(=O)C(CO)n4ccnc4)cc3c2)cn1. The monoisotopic (exact) mass is 362 g/mol. The highest BCUT2D eigenvalue weighted by Gasteiger charge is 2.19. The van der Waals surface area contributed by atoms with E-state index in [0.29, 0.717) is 5.69 Å². The minimum absolute atomic E-state index is 0.325. The number of benzene rings is 1. The molecule has 1 aromatic carbocycles. The lowest BCUT2D eigenvalue weighted by Gasteiger charge is -2.15. The number of pyridine rings is 1. The molecule has 0 aliphatic heterocycles. The van der Waals surface area contributed by atoms with E-state index in [9.17, 15) is 9.90 Å². The van der Waals surface area contributed by atoms with Gasteiger partial charge in [-0.1, -0.05) is 6.07 Å². The molecule has 4 aromatic rings. The van der Waals surface area contributed by atoms with Crippen LogP contribution in [-0.2, 0) is 11.8 Å². The van der Waals surface area contributed by atoms with Crippen LogP contribution in [0.4, 0.5) is 5.69 Å². The molecule has 0 aliphatic rings. The third-order valence-corrected chi connectivity index (χ3v) is 4.35. The van der Waals surface area contributed by atoms with Gasteiger partial charge in [-0.3, -0.25) is 14.5 Å². The van der Waals surface area contributed by atoms with Crippen LogP contribution in [0, 0.1) is 0 Å². The Bertz CT molecular complexity index is 1090. The average Bonchev–Trinajstić information content (AvgIpc) is 3.34. The zero-order chi connectivity index (χ0) is 18.8. The zero-order valence-corrected chi connectivity index (χ0v) is 14.6. The number of fused-ring (bicyclic) bond motifs is 1. The summed E-state index contributed by atoms with van der Waals surface area (Å²) in [7, 11) is 1.87. The van der Waals surface area contributed by atoms with E-state index in [1.807, 2.05) is 37.5 Å². The molecule has 8 heteroatoms. The number of anilines is 1. The summed E-state index contributed by atoms with van der Waals surface area (Å²) in [5.41, 5.74) is 3.42. The maximum Gasteiger partial charge on any atom is 0.249 e. The normalized spacial score (nSPS) is 12.2. The number of nitrogens with zero attached hydrogens (tertiary/aromatic N) is 5. The number of imidazole rings is 1. The summed E-state index contributed by atoms with van der Waals surface area (Å²) < 4.78 is 3.31. The number of rotatable bonds is 5. The summed E-state index contributed by atoms with van der Waals surface area (Å²) in [5.74, 6) is -0.333. The van der Waals surface area contributed by atoms with Crippen molar-refractivity contribution < 1.29 is 9.90 Å².